The molecule has 1 saturated heterocycles. The van der Waals surface area contributed by atoms with Gasteiger partial charge >= 0.3 is 0 Å². The molecule has 2 fully saturated rings. The summed E-state index contributed by atoms with van der Waals surface area (Å²) in [5.74, 6) is 1.75. The minimum atomic E-state index is 0.820. The van der Waals surface area contributed by atoms with Crippen LogP contribution in [-0.4, -0.2) is 30.6 Å². The second-order valence-electron chi connectivity index (χ2n) is 4.96. The minimum Gasteiger partial charge on any atom is -0.330 e. The van der Waals surface area contributed by atoms with Crippen LogP contribution in [0.15, 0.2) is 0 Å². The first-order valence-electron chi connectivity index (χ1n) is 5.73. The van der Waals surface area contributed by atoms with E-state index in [4.69, 9.17) is 5.73 Å². The van der Waals surface area contributed by atoms with E-state index in [2.05, 4.69) is 11.8 Å². The summed E-state index contributed by atoms with van der Waals surface area (Å²) in [5, 5.41) is 0. The molecule has 2 nitrogen and oxygen atoms in total. The van der Waals surface area contributed by atoms with Gasteiger partial charge in [0.2, 0.25) is 0 Å². The van der Waals surface area contributed by atoms with E-state index >= 15 is 0 Å². The van der Waals surface area contributed by atoms with Crippen molar-refractivity contribution in [2.24, 2.45) is 17.6 Å². The highest BCUT2D eigenvalue weighted by molar-refractivity contribution is 4.86. The Labute approximate surface area is 81.5 Å². The normalized spacial score (nSPS) is 41.5. The highest BCUT2D eigenvalue weighted by Crippen LogP contribution is 2.31. The zero-order chi connectivity index (χ0) is 9.26. The van der Waals surface area contributed by atoms with Crippen LogP contribution in [-0.2, 0) is 0 Å². The molecule has 1 heterocycles. The van der Waals surface area contributed by atoms with Gasteiger partial charge in [0.25, 0.3) is 0 Å². The summed E-state index contributed by atoms with van der Waals surface area (Å²) in [5.41, 5.74) is 5.70. The average molecular weight is 182 g/mol. The molecule has 3 atom stereocenters. The number of likely N-dealkylation sites (tertiary alicyclic amines) is 1. The maximum absolute atomic E-state index is 5.70. The summed E-state index contributed by atoms with van der Waals surface area (Å²) < 4.78 is 0. The lowest BCUT2D eigenvalue weighted by Crippen LogP contribution is -2.31. The average Bonchev–Trinajstić information content (AvgIpc) is 2.71. The molecule has 0 bridgehead atoms. The SMILES string of the molecule is CC1CCN(C2CCC(CN)C2)C1. The first-order chi connectivity index (χ1) is 6.29. The van der Waals surface area contributed by atoms with Crippen LogP contribution < -0.4 is 5.73 Å². The van der Waals surface area contributed by atoms with E-state index in [1.54, 1.807) is 0 Å². The monoisotopic (exact) mass is 182 g/mol. The Bertz CT molecular complexity index is 169. The van der Waals surface area contributed by atoms with Crippen LogP contribution in [0.5, 0.6) is 0 Å². The van der Waals surface area contributed by atoms with E-state index in [0.29, 0.717) is 0 Å². The highest BCUT2D eigenvalue weighted by Gasteiger charge is 2.31. The van der Waals surface area contributed by atoms with E-state index in [0.717, 1.165) is 24.4 Å². The van der Waals surface area contributed by atoms with Crippen molar-refractivity contribution in [3.05, 3.63) is 0 Å². The Morgan fingerprint density at radius 2 is 2.15 bits per heavy atom. The molecule has 0 aromatic rings. The van der Waals surface area contributed by atoms with Crippen LogP contribution in [0.2, 0.25) is 0 Å². The first kappa shape index (κ1) is 9.47. The number of nitrogens with zero attached hydrogens (tertiary/aromatic N) is 1. The predicted octanol–water partition coefficient (Wildman–Crippen LogP) is 1.46. The van der Waals surface area contributed by atoms with Gasteiger partial charge in [-0.05, 0) is 50.6 Å². The van der Waals surface area contributed by atoms with Gasteiger partial charge in [-0.15, -0.1) is 0 Å². The van der Waals surface area contributed by atoms with Gasteiger partial charge in [0.1, 0.15) is 0 Å². The molecule has 3 unspecified atom stereocenters. The molecule has 2 rings (SSSR count). The van der Waals surface area contributed by atoms with E-state index in [1.807, 2.05) is 0 Å². The number of hydrogen-bond donors (Lipinski definition) is 1. The quantitative estimate of drug-likeness (QED) is 0.700. The van der Waals surface area contributed by atoms with Crippen molar-refractivity contribution >= 4 is 0 Å². The lowest BCUT2D eigenvalue weighted by Gasteiger charge is -2.23. The largest absolute Gasteiger partial charge is 0.330 e. The van der Waals surface area contributed by atoms with Gasteiger partial charge in [-0.2, -0.15) is 0 Å². The molecule has 2 aliphatic rings. The maximum atomic E-state index is 5.70. The molecule has 1 aliphatic carbocycles. The van der Waals surface area contributed by atoms with Crippen molar-refractivity contribution in [1.82, 2.24) is 4.90 Å². The summed E-state index contributed by atoms with van der Waals surface area (Å²) in [4.78, 5) is 2.69. The van der Waals surface area contributed by atoms with E-state index in [1.165, 1.54) is 38.8 Å². The third kappa shape index (κ3) is 2.05. The smallest absolute Gasteiger partial charge is 0.00985 e. The Morgan fingerprint density at radius 3 is 2.69 bits per heavy atom. The van der Waals surface area contributed by atoms with Gasteiger partial charge in [-0.25, -0.2) is 0 Å². The van der Waals surface area contributed by atoms with E-state index < -0.39 is 0 Å². The van der Waals surface area contributed by atoms with Crippen molar-refractivity contribution < 1.29 is 0 Å². The molecule has 76 valence electrons. The van der Waals surface area contributed by atoms with Crippen LogP contribution in [0.1, 0.15) is 32.6 Å². The number of hydrogen-bond acceptors (Lipinski definition) is 2. The molecular weight excluding hydrogens is 160 g/mol. The molecule has 0 aromatic heterocycles. The van der Waals surface area contributed by atoms with Crippen molar-refractivity contribution in [2.75, 3.05) is 19.6 Å². The zero-order valence-corrected chi connectivity index (χ0v) is 8.71. The first-order valence-corrected chi connectivity index (χ1v) is 5.73. The fraction of sp³-hybridized carbons (Fsp3) is 1.00. The second kappa shape index (κ2) is 3.97. The lowest BCUT2D eigenvalue weighted by atomic mass is 10.1. The van der Waals surface area contributed by atoms with E-state index in [-0.39, 0.29) is 0 Å². The number of rotatable bonds is 2. The van der Waals surface area contributed by atoms with Crippen molar-refractivity contribution in [2.45, 2.75) is 38.6 Å². The molecule has 2 N–H and O–H groups in total. The topological polar surface area (TPSA) is 29.3 Å². The molecular formula is C11H22N2. The summed E-state index contributed by atoms with van der Waals surface area (Å²) in [6, 6.07) is 0.874. The highest BCUT2D eigenvalue weighted by atomic mass is 15.2. The van der Waals surface area contributed by atoms with Crippen molar-refractivity contribution in [3.8, 4) is 0 Å². The molecule has 1 aliphatic heterocycles. The Balaban J connectivity index is 1.82. The van der Waals surface area contributed by atoms with Gasteiger partial charge in [0, 0.05) is 12.6 Å². The van der Waals surface area contributed by atoms with Crippen LogP contribution >= 0.6 is 0 Å². The van der Waals surface area contributed by atoms with Crippen LogP contribution in [0.25, 0.3) is 0 Å². The molecule has 13 heavy (non-hydrogen) atoms. The molecule has 0 aromatic carbocycles. The zero-order valence-electron chi connectivity index (χ0n) is 8.71. The minimum absolute atomic E-state index is 0.820. The number of nitrogens with two attached hydrogens (primary N) is 1. The van der Waals surface area contributed by atoms with Gasteiger partial charge in [-0.3, -0.25) is 0 Å². The van der Waals surface area contributed by atoms with Gasteiger partial charge in [0.15, 0.2) is 0 Å². The predicted molar refractivity (Wildman–Crippen MR) is 55.5 cm³/mol. The van der Waals surface area contributed by atoms with Crippen LogP contribution in [0.3, 0.4) is 0 Å². The Hall–Kier alpha value is -0.0800. The fourth-order valence-electron chi connectivity index (χ4n) is 2.90. The van der Waals surface area contributed by atoms with Crippen molar-refractivity contribution in [3.63, 3.8) is 0 Å². The molecule has 1 saturated carbocycles. The molecule has 0 spiro atoms. The van der Waals surface area contributed by atoms with Gasteiger partial charge in [-0.1, -0.05) is 6.92 Å². The second-order valence-corrected chi connectivity index (χ2v) is 4.96. The van der Waals surface area contributed by atoms with Crippen LogP contribution in [0, 0.1) is 11.8 Å². The van der Waals surface area contributed by atoms with Crippen molar-refractivity contribution in [1.29, 1.82) is 0 Å². The standard InChI is InChI=1S/C11H22N2/c1-9-4-5-13(8-9)11-3-2-10(6-11)7-12/h9-11H,2-8,12H2,1H3. The van der Waals surface area contributed by atoms with Gasteiger partial charge < -0.3 is 10.6 Å². The summed E-state index contributed by atoms with van der Waals surface area (Å²) in [6.45, 7) is 5.94. The lowest BCUT2D eigenvalue weighted by molar-refractivity contribution is 0.234. The molecule has 0 amide bonds. The fourth-order valence-corrected chi connectivity index (χ4v) is 2.90. The molecule has 0 radical (unpaired) electrons. The summed E-state index contributed by atoms with van der Waals surface area (Å²) in [7, 11) is 0. The van der Waals surface area contributed by atoms with Gasteiger partial charge in [0.05, 0.1) is 0 Å². The maximum Gasteiger partial charge on any atom is 0.00985 e. The third-order valence-electron chi connectivity index (χ3n) is 3.82. The summed E-state index contributed by atoms with van der Waals surface area (Å²) >= 11 is 0. The van der Waals surface area contributed by atoms with Crippen LogP contribution in [0.4, 0.5) is 0 Å². The molecule has 2 heteroatoms. The Morgan fingerprint density at radius 1 is 1.31 bits per heavy atom. The Kier molecular flexibility index (Phi) is 2.89. The summed E-state index contributed by atoms with van der Waals surface area (Å²) in [6.07, 6.45) is 5.54. The van der Waals surface area contributed by atoms with E-state index in [9.17, 15) is 0 Å². The third-order valence-corrected chi connectivity index (χ3v) is 3.82.